The quantitative estimate of drug-likeness (QED) is 0.222. The van der Waals surface area contributed by atoms with Crippen molar-refractivity contribution in [3.63, 3.8) is 0 Å². The first kappa shape index (κ1) is 40.5. The number of ketones is 1. The van der Waals surface area contributed by atoms with Gasteiger partial charge in [-0.2, -0.15) is 0 Å². The molecule has 4 aliphatic heterocycles. The summed E-state index contributed by atoms with van der Waals surface area (Å²) in [7, 11) is 0. The molecule has 1 aromatic carbocycles. The number of hydrogen-bond acceptors (Lipinski definition) is 11. The van der Waals surface area contributed by atoms with Crippen LogP contribution < -0.4 is 10.1 Å². The number of benzene rings is 1. The van der Waals surface area contributed by atoms with Crippen molar-refractivity contribution in [2.45, 2.75) is 116 Å². The molecule has 1 aromatic rings. The van der Waals surface area contributed by atoms with Gasteiger partial charge < -0.3 is 33.9 Å². The van der Waals surface area contributed by atoms with Crippen LogP contribution in [0, 0.1) is 11.3 Å². The van der Waals surface area contributed by atoms with Gasteiger partial charge in [-0.1, -0.05) is 31.1 Å². The van der Waals surface area contributed by atoms with Crippen LogP contribution in [0.3, 0.4) is 0 Å². The maximum atomic E-state index is 14.4. The topological polar surface area (TPSA) is 153 Å². The van der Waals surface area contributed by atoms with Gasteiger partial charge in [0.2, 0.25) is 5.91 Å². The van der Waals surface area contributed by atoms with Gasteiger partial charge in [-0.3, -0.25) is 24.2 Å². The first-order valence-corrected chi connectivity index (χ1v) is 20.0. The Kier molecular flexibility index (Phi) is 13.1. The Hall–Kier alpha value is -4.17. The van der Waals surface area contributed by atoms with Crippen LogP contribution in [0.25, 0.3) is 0 Å². The van der Waals surface area contributed by atoms with Crippen LogP contribution in [0.4, 0.5) is 9.59 Å². The Balaban J connectivity index is 1.15. The van der Waals surface area contributed by atoms with Gasteiger partial charge in [-0.15, -0.1) is 0 Å². The summed E-state index contributed by atoms with van der Waals surface area (Å²) in [5, 5.41) is 2.76. The number of carbonyl (C=O) groups excluding carboxylic acids is 5. The van der Waals surface area contributed by atoms with Crippen molar-refractivity contribution >= 4 is 29.8 Å². The largest absolute Gasteiger partial charge is 0.492 e. The smallest absolute Gasteiger partial charge is 0.410 e. The molecule has 3 fully saturated rings. The third-order valence-corrected chi connectivity index (χ3v) is 11.1. The molecule has 3 amide bonds. The maximum Gasteiger partial charge on any atom is 0.410 e. The average Bonchev–Trinajstić information content (AvgIpc) is 3.43. The second kappa shape index (κ2) is 17.7. The first-order chi connectivity index (χ1) is 26.3. The first-order valence-electron chi connectivity index (χ1n) is 20.0. The minimum atomic E-state index is -0.992. The highest BCUT2D eigenvalue weighted by Gasteiger charge is 2.61. The molecule has 2 saturated heterocycles. The number of alkyl carbamates (subject to hydrolysis) is 1. The van der Waals surface area contributed by atoms with E-state index in [9.17, 15) is 24.0 Å². The van der Waals surface area contributed by atoms with E-state index in [0.717, 1.165) is 69.0 Å². The highest BCUT2D eigenvalue weighted by molar-refractivity contribution is 5.96. The van der Waals surface area contributed by atoms with E-state index in [1.165, 1.54) is 4.90 Å². The Morgan fingerprint density at radius 1 is 1.04 bits per heavy atom. The lowest BCUT2D eigenvalue weighted by Crippen LogP contribution is -2.52. The lowest BCUT2D eigenvalue weighted by Gasteiger charge is -2.30. The Labute approximate surface area is 324 Å². The number of ether oxygens (including phenoxy) is 5. The van der Waals surface area contributed by atoms with Crippen molar-refractivity contribution in [1.29, 1.82) is 0 Å². The molecule has 1 aliphatic carbocycles. The molecule has 0 bridgehead atoms. The number of morpholine rings is 1. The monoisotopic (exact) mass is 766 g/mol. The zero-order valence-corrected chi connectivity index (χ0v) is 32.8. The van der Waals surface area contributed by atoms with E-state index in [1.54, 1.807) is 32.6 Å². The fourth-order valence-corrected chi connectivity index (χ4v) is 8.11. The number of allylic oxidation sites excluding steroid dienone is 2. The van der Waals surface area contributed by atoms with E-state index < -0.39 is 53.3 Å². The van der Waals surface area contributed by atoms with Crippen molar-refractivity contribution in [2.75, 3.05) is 52.6 Å². The molecule has 5 atom stereocenters. The van der Waals surface area contributed by atoms with Gasteiger partial charge in [-0.05, 0) is 82.6 Å². The lowest BCUT2D eigenvalue weighted by molar-refractivity contribution is -0.152. The fraction of sp³-hybridized carbons (Fsp3) is 0.683. The number of fused-ring (bicyclic) bond motifs is 3. The Bertz CT molecular complexity index is 1600. The van der Waals surface area contributed by atoms with Crippen LogP contribution in [0.15, 0.2) is 30.4 Å². The summed E-state index contributed by atoms with van der Waals surface area (Å²) >= 11 is 0. The molecule has 0 spiro atoms. The summed E-state index contributed by atoms with van der Waals surface area (Å²) in [5.41, 5.74) is 0.196. The summed E-state index contributed by atoms with van der Waals surface area (Å²) < 4.78 is 28.4. The molecule has 5 aliphatic rings. The molecule has 0 unspecified atom stereocenters. The molecule has 14 heteroatoms. The van der Waals surface area contributed by atoms with E-state index in [2.05, 4.69) is 16.3 Å². The number of Topliss-reactive ketones (excluding diaryl/α,β-unsaturated/α-hetero) is 1. The van der Waals surface area contributed by atoms with Crippen LogP contribution in [0.1, 0.15) is 90.2 Å². The molecule has 0 aromatic heterocycles. The van der Waals surface area contributed by atoms with Crippen LogP contribution in [-0.4, -0.2) is 121 Å². The van der Waals surface area contributed by atoms with E-state index in [-0.39, 0.29) is 37.7 Å². The Morgan fingerprint density at radius 2 is 1.82 bits per heavy atom. The van der Waals surface area contributed by atoms with Gasteiger partial charge in [-0.25, -0.2) is 9.59 Å². The normalized spacial score (nSPS) is 28.1. The Morgan fingerprint density at radius 3 is 2.58 bits per heavy atom. The molecule has 6 rings (SSSR count). The third-order valence-electron chi connectivity index (χ3n) is 11.1. The van der Waals surface area contributed by atoms with Crippen LogP contribution in [0.5, 0.6) is 5.75 Å². The van der Waals surface area contributed by atoms with Gasteiger partial charge in [0.25, 0.3) is 0 Å². The third kappa shape index (κ3) is 10.4. The van der Waals surface area contributed by atoms with E-state index in [0.29, 0.717) is 39.0 Å². The highest BCUT2D eigenvalue weighted by atomic mass is 16.6. The number of nitrogens with zero attached hydrogens (tertiary/aromatic N) is 3. The molecule has 302 valence electrons. The van der Waals surface area contributed by atoms with E-state index in [1.807, 2.05) is 24.3 Å². The van der Waals surface area contributed by atoms with E-state index >= 15 is 0 Å². The summed E-state index contributed by atoms with van der Waals surface area (Å²) in [6.45, 7) is 12.5. The lowest BCUT2D eigenvalue weighted by atomic mass is 9.91. The molecule has 14 nitrogen and oxygen atoms in total. The van der Waals surface area contributed by atoms with Gasteiger partial charge in [0.05, 0.1) is 37.8 Å². The number of carbonyl (C=O) groups is 5. The van der Waals surface area contributed by atoms with Gasteiger partial charge in [0.1, 0.15) is 30.1 Å². The number of esters is 1. The molecular weight excluding hydrogens is 708 g/mol. The summed E-state index contributed by atoms with van der Waals surface area (Å²) in [6, 6.07) is 3.93. The zero-order chi connectivity index (χ0) is 39.2. The second-order valence-electron chi connectivity index (χ2n) is 16.4. The summed E-state index contributed by atoms with van der Waals surface area (Å²) in [6.07, 6.45) is 6.02. The minimum absolute atomic E-state index is 0.0227. The predicted octanol–water partition coefficient (Wildman–Crippen LogP) is 4.76. The highest BCUT2D eigenvalue weighted by Crippen LogP contribution is 2.57. The molecule has 0 radical (unpaired) electrons. The summed E-state index contributed by atoms with van der Waals surface area (Å²) in [5.74, 6) is -0.540. The number of nitrogens with one attached hydrogen (secondary N) is 1. The van der Waals surface area contributed by atoms with Gasteiger partial charge >= 0.3 is 18.2 Å². The van der Waals surface area contributed by atoms with Gasteiger partial charge in [0, 0.05) is 45.6 Å². The molecular formula is C41H58N4O10. The average molecular weight is 767 g/mol. The minimum Gasteiger partial charge on any atom is -0.492 e. The van der Waals surface area contributed by atoms with Crippen molar-refractivity contribution in [3.05, 3.63) is 41.5 Å². The van der Waals surface area contributed by atoms with Gasteiger partial charge in [0.15, 0.2) is 5.78 Å². The summed E-state index contributed by atoms with van der Waals surface area (Å²) in [4.78, 5) is 73.9. The SMILES string of the molecule is CCOC(=O)[C@]12CC(=O)[C@@H]3C[C@@H](OC(=O)N4Cc5ccc(OCCN6CCOCC6)cc5C4)CN3C(=O)[C@@H](NC(=O)OC(C)(C)C)CCCCC/C=C\[C@@H]1C2. The molecule has 4 heterocycles. The van der Waals surface area contributed by atoms with Crippen LogP contribution in [-0.2, 0) is 46.4 Å². The zero-order valence-electron chi connectivity index (χ0n) is 32.8. The van der Waals surface area contributed by atoms with Crippen molar-refractivity contribution in [3.8, 4) is 5.75 Å². The molecule has 55 heavy (non-hydrogen) atoms. The fourth-order valence-electron chi connectivity index (χ4n) is 8.11. The second-order valence-corrected chi connectivity index (χ2v) is 16.4. The van der Waals surface area contributed by atoms with E-state index in [4.69, 9.17) is 23.7 Å². The van der Waals surface area contributed by atoms with Crippen LogP contribution in [0.2, 0.25) is 0 Å². The van der Waals surface area contributed by atoms with Crippen molar-refractivity contribution < 1.29 is 47.7 Å². The van der Waals surface area contributed by atoms with Crippen LogP contribution >= 0.6 is 0 Å². The predicted molar refractivity (Wildman–Crippen MR) is 201 cm³/mol. The standard InChI is InChI=1S/C41H58N4O10/c1-5-52-37(48)41-23-30(41)11-9-7-6-8-10-12-33(42-38(49)55-40(2,3)4)36(47)45-27-32(22-34(45)35(46)24-41)54-39(50)44-25-28-13-14-31(21-29(28)26-44)53-20-17-43-15-18-51-19-16-43/h9,11,13-14,21,30,32-34H,5-8,10,12,15-20,22-27H2,1-4H3,(H,42,49)/b11-9-/t30-,32-,33+,34+,41-/m1/s1. The maximum absolute atomic E-state index is 14.4. The molecule has 1 saturated carbocycles. The van der Waals surface area contributed by atoms with Crippen molar-refractivity contribution in [2.24, 2.45) is 11.3 Å². The number of hydrogen-bond donors (Lipinski definition) is 1. The number of rotatable bonds is 8. The molecule has 1 N–H and O–H groups in total. The number of amides is 3. The van der Waals surface area contributed by atoms with Crippen molar-refractivity contribution in [1.82, 2.24) is 20.0 Å².